The third kappa shape index (κ3) is 5.61. The SMILES string of the molecule is CC(C)c1ccccc1.Cc1ccc(C(C)(C)C)cc1. The Morgan fingerprint density at radius 2 is 1.25 bits per heavy atom. The summed E-state index contributed by atoms with van der Waals surface area (Å²) in [6.07, 6.45) is 0. The van der Waals surface area contributed by atoms with E-state index >= 15 is 0 Å². The number of rotatable bonds is 1. The lowest BCUT2D eigenvalue weighted by atomic mass is 9.87. The molecule has 20 heavy (non-hydrogen) atoms. The third-order valence-corrected chi connectivity index (χ3v) is 3.38. The van der Waals surface area contributed by atoms with E-state index in [2.05, 4.69) is 90.1 Å². The highest BCUT2D eigenvalue weighted by molar-refractivity contribution is 5.26. The zero-order chi connectivity index (χ0) is 15.2. The molecule has 0 N–H and O–H groups in total. The van der Waals surface area contributed by atoms with Crippen LogP contribution < -0.4 is 0 Å². The van der Waals surface area contributed by atoms with Crippen LogP contribution in [0.25, 0.3) is 0 Å². The number of aryl methyl sites for hydroxylation is 1. The van der Waals surface area contributed by atoms with E-state index in [0.717, 1.165) is 0 Å². The minimum atomic E-state index is 0.285. The van der Waals surface area contributed by atoms with E-state index in [1.807, 2.05) is 6.07 Å². The van der Waals surface area contributed by atoms with E-state index in [-0.39, 0.29) is 5.41 Å². The molecule has 0 nitrogen and oxygen atoms in total. The van der Waals surface area contributed by atoms with Gasteiger partial charge in [0.05, 0.1) is 0 Å². The fourth-order valence-corrected chi connectivity index (χ4v) is 1.89. The second-order valence-electron chi connectivity index (χ2n) is 6.68. The van der Waals surface area contributed by atoms with Gasteiger partial charge in [0.15, 0.2) is 0 Å². The van der Waals surface area contributed by atoms with Crippen molar-refractivity contribution in [2.24, 2.45) is 0 Å². The summed E-state index contributed by atoms with van der Waals surface area (Å²) in [6.45, 7) is 13.2. The molecular weight excluding hydrogens is 240 g/mol. The summed E-state index contributed by atoms with van der Waals surface area (Å²) in [5, 5.41) is 0. The highest BCUT2D eigenvalue weighted by Crippen LogP contribution is 2.21. The molecule has 0 radical (unpaired) electrons. The number of benzene rings is 2. The fraction of sp³-hybridized carbons (Fsp3) is 0.400. The minimum Gasteiger partial charge on any atom is -0.0622 e. The largest absolute Gasteiger partial charge is 0.0622 e. The molecule has 0 amide bonds. The van der Waals surface area contributed by atoms with Gasteiger partial charge in [-0.3, -0.25) is 0 Å². The first-order valence-corrected chi connectivity index (χ1v) is 7.43. The number of hydrogen-bond acceptors (Lipinski definition) is 0. The Morgan fingerprint density at radius 3 is 1.60 bits per heavy atom. The Kier molecular flexibility index (Phi) is 6.01. The maximum atomic E-state index is 2.23. The summed E-state index contributed by atoms with van der Waals surface area (Å²) in [4.78, 5) is 0. The highest BCUT2D eigenvalue weighted by atomic mass is 14.2. The monoisotopic (exact) mass is 268 g/mol. The number of hydrogen-bond donors (Lipinski definition) is 0. The third-order valence-electron chi connectivity index (χ3n) is 3.38. The normalized spacial score (nSPS) is 10.9. The first kappa shape index (κ1) is 16.5. The molecule has 0 fully saturated rings. The molecule has 2 aromatic rings. The lowest BCUT2D eigenvalue weighted by Gasteiger charge is -2.18. The van der Waals surface area contributed by atoms with E-state index in [4.69, 9.17) is 0 Å². The van der Waals surface area contributed by atoms with Crippen LogP contribution in [0.1, 0.15) is 57.2 Å². The van der Waals surface area contributed by atoms with Crippen LogP contribution in [-0.4, -0.2) is 0 Å². The van der Waals surface area contributed by atoms with Crippen molar-refractivity contribution in [3.8, 4) is 0 Å². The van der Waals surface area contributed by atoms with E-state index < -0.39 is 0 Å². The van der Waals surface area contributed by atoms with Crippen LogP contribution in [0.5, 0.6) is 0 Å². The molecule has 0 aliphatic carbocycles. The van der Waals surface area contributed by atoms with Gasteiger partial charge in [-0.25, -0.2) is 0 Å². The first-order valence-electron chi connectivity index (χ1n) is 7.43. The van der Waals surface area contributed by atoms with Gasteiger partial charge in [-0.1, -0.05) is 94.8 Å². The summed E-state index contributed by atoms with van der Waals surface area (Å²) in [6, 6.07) is 19.3. The standard InChI is InChI=1S/C11H16.C9H12/c1-9-5-7-10(8-6-9)11(2,3)4;1-8(2)9-6-4-3-5-7-9/h5-8H,1-4H3;3-8H,1-2H3. The fourth-order valence-electron chi connectivity index (χ4n) is 1.89. The van der Waals surface area contributed by atoms with Crippen LogP contribution >= 0.6 is 0 Å². The summed E-state index contributed by atoms with van der Waals surface area (Å²) in [5.41, 5.74) is 4.44. The Labute approximate surface area is 124 Å². The molecule has 0 aromatic heterocycles. The molecule has 0 atom stereocenters. The van der Waals surface area contributed by atoms with Crippen molar-refractivity contribution in [1.82, 2.24) is 0 Å². The lowest BCUT2D eigenvalue weighted by Crippen LogP contribution is -2.10. The van der Waals surface area contributed by atoms with Crippen LogP contribution in [0.4, 0.5) is 0 Å². The van der Waals surface area contributed by atoms with Gasteiger partial charge < -0.3 is 0 Å². The molecule has 0 heteroatoms. The van der Waals surface area contributed by atoms with Crippen LogP contribution in [0.2, 0.25) is 0 Å². The van der Waals surface area contributed by atoms with E-state index in [0.29, 0.717) is 5.92 Å². The predicted octanol–water partition coefficient (Wildman–Crippen LogP) is 6.10. The Bertz CT molecular complexity index is 484. The maximum Gasteiger partial charge on any atom is -0.0132 e. The van der Waals surface area contributed by atoms with Crippen LogP contribution in [0.15, 0.2) is 54.6 Å². The molecule has 0 unspecified atom stereocenters. The molecule has 0 heterocycles. The van der Waals surface area contributed by atoms with Crippen molar-refractivity contribution >= 4 is 0 Å². The van der Waals surface area contributed by atoms with Gasteiger partial charge in [0.25, 0.3) is 0 Å². The van der Waals surface area contributed by atoms with Gasteiger partial charge in [-0.2, -0.15) is 0 Å². The Morgan fingerprint density at radius 1 is 0.750 bits per heavy atom. The zero-order valence-corrected chi connectivity index (χ0v) is 13.8. The molecule has 0 saturated carbocycles. The van der Waals surface area contributed by atoms with E-state index in [1.165, 1.54) is 16.7 Å². The van der Waals surface area contributed by atoms with Crippen LogP contribution in [0.3, 0.4) is 0 Å². The molecule has 108 valence electrons. The quantitative estimate of drug-likeness (QED) is 0.586. The lowest BCUT2D eigenvalue weighted by molar-refractivity contribution is 0.590. The molecular formula is C20H28. The average Bonchev–Trinajstić information content (AvgIpc) is 2.40. The van der Waals surface area contributed by atoms with Gasteiger partial charge in [0.1, 0.15) is 0 Å². The van der Waals surface area contributed by atoms with E-state index in [9.17, 15) is 0 Å². The van der Waals surface area contributed by atoms with Crippen molar-refractivity contribution in [3.05, 3.63) is 71.3 Å². The minimum absolute atomic E-state index is 0.285. The molecule has 0 aliphatic heterocycles. The van der Waals surface area contributed by atoms with Crippen molar-refractivity contribution in [2.45, 2.75) is 52.9 Å². The predicted molar refractivity (Wildman–Crippen MR) is 90.4 cm³/mol. The molecule has 0 bridgehead atoms. The van der Waals surface area contributed by atoms with Crippen molar-refractivity contribution in [2.75, 3.05) is 0 Å². The summed E-state index contributed by atoms with van der Waals surface area (Å²) >= 11 is 0. The Hall–Kier alpha value is -1.56. The van der Waals surface area contributed by atoms with Crippen molar-refractivity contribution in [3.63, 3.8) is 0 Å². The van der Waals surface area contributed by atoms with Gasteiger partial charge in [0, 0.05) is 0 Å². The van der Waals surface area contributed by atoms with Gasteiger partial charge >= 0.3 is 0 Å². The zero-order valence-electron chi connectivity index (χ0n) is 13.8. The van der Waals surface area contributed by atoms with Crippen molar-refractivity contribution < 1.29 is 0 Å². The molecule has 0 aliphatic rings. The maximum absolute atomic E-state index is 2.23. The van der Waals surface area contributed by atoms with Gasteiger partial charge in [0.2, 0.25) is 0 Å². The molecule has 2 aromatic carbocycles. The highest BCUT2D eigenvalue weighted by Gasteiger charge is 2.11. The summed E-state index contributed by atoms with van der Waals surface area (Å²) in [5.74, 6) is 0.659. The first-order chi connectivity index (χ1) is 9.30. The average molecular weight is 268 g/mol. The molecule has 0 saturated heterocycles. The van der Waals surface area contributed by atoms with Gasteiger partial charge in [-0.15, -0.1) is 0 Å². The van der Waals surface area contributed by atoms with Crippen LogP contribution in [-0.2, 0) is 5.41 Å². The van der Waals surface area contributed by atoms with E-state index in [1.54, 1.807) is 0 Å². The summed E-state index contributed by atoms with van der Waals surface area (Å²) in [7, 11) is 0. The van der Waals surface area contributed by atoms with Crippen LogP contribution in [0, 0.1) is 6.92 Å². The van der Waals surface area contributed by atoms with Gasteiger partial charge in [-0.05, 0) is 29.4 Å². The second kappa shape index (κ2) is 7.28. The smallest absolute Gasteiger partial charge is 0.0132 e. The molecule has 0 spiro atoms. The molecule has 2 rings (SSSR count). The topological polar surface area (TPSA) is 0 Å². The Balaban J connectivity index is 0.000000204. The second-order valence-corrected chi connectivity index (χ2v) is 6.68. The summed E-state index contributed by atoms with van der Waals surface area (Å²) < 4.78 is 0. The van der Waals surface area contributed by atoms with Crippen molar-refractivity contribution in [1.29, 1.82) is 0 Å².